The Labute approximate surface area is 124 Å². The SMILES string of the molecule is COc1cc(N)ccc1SCC(O)CN1CCNCC1. The number of aliphatic hydroxyl groups excluding tert-OH is 1. The van der Waals surface area contributed by atoms with E-state index in [0.717, 1.165) is 43.4 Å². The van der Waals surface area contributed by atoms with Gasteiger partial charge in [0.25, 0.3) is 0 Å². The highest BCUT2D eigenvalue weighted by atomic mass is 32.2. The highest BCUT2D eigenvalue weighted by Gasteiger charge is 2.15. The van der Waals surface area contributed by atoms with Crippen LogP contribution in [0.25, 0.3) is 0 Å². The first-order chi connectivity index (χ1) is 9.69. The lowest BCUT2D eigenvalue weighted by Crippen LogP contribution is -2.46. The van der Waals surface area contributed by atoms with Crippen molar-refractivity contribution >= 4 is 17.4 Å². The zero-order valence-electron chi connectivity index (χ0n) is 11.8. The van der Waals surface area contributed by atoms with Crippen molar-refractivity contribution in [3.8, 4) is 5.75 Å². The van der Waals surface area contributed by atoms with Gasteiger partial charge in [0.2, 0.25) is 0 Å². The van der Waals surface area contributed by atoms with Crippen LogP contribution in [0.5, 0.6) is 5.75 Å². The van der Waals surface area contributed by atoms with E-state index >= 15 is 0 Å². The highest BCUT2D eigenvalue weighted by Crippen LogP contribution is 2.31. The molecule has 0 aliphatic carbocycles. The molecule has 5 nitrogen and oxygen atoms in total. The van der Waals surface area contributed by atoms with Gasteiger partial charge in [0.15, 0.2) is 0 Å². The second kappa shape index (κ2) is 7.73. The second-order valence-corrected chi connectivity index (χ2v) is 5.99. The van der Waals surface area contributed by atoms with E-state index in [1.165, 1.54) is 0 Å². The zero-order valence-corrected chi connectivity index (χ0v) is 12.7. The molecule has 2 rings (SSSR count). The Hall–Kier alpha value is -0.950. The van der Waals surface area contributed by atoms with Crippen molar-refractivity contribution in [1.82, 2.24) is 10.2 Å². The van der Waals surface area contributed by atoms with Crippen molar-refractivity contribution in [3.05, 3.63) is 18.2 Å². The number of nitrogen functional groups attached to an aromatic ring is 1. The van der Waals surface area contributed by atoms with Crippen LogP contribution < -0.4 is 15.8 Å². The lowest BCUT2D eigenvalue weighted by Gasteiger charge is -2.29. The van der Waals surface area contributed by atoms with Crippen LogP contribution in [0.4, 0.5) is 5.69 Å². The van der Waals surface area contributed by atoms with Crippen LogP contribution in [0.15, 0.2) is 23.1 Å². The number of benzene rings is 1. The van der Waals surface area contributed by atoms with Gasteiger partial charge in [-0.25, -0.2) is 0 Å². The summed E-state index contributed by atoms with van der Waals surface area (Å²) in [7, 11) is 1.63. The Bertz CT molecular complexity index is 425. The van der Waals surface area contributed by atoms with E-state index in [1.54, 1.807) is 18.9 Å². The van der Waals surface area contributed by atoms with Crippen LogP contribution in [0.1, 0.15) is 0 Å². The Kier molecular flexibility index (Phi) is 5.97. The summed E-state index contributed by atoms with van der Waals surface area (Å²) in [5.74, 6) is 1.42. The summed E-state index contributed by atoms with van der Waals surface area (Å²) < 4.78 is 5.31. The number of ether oxygens (including phenoxy) is 1. The topological polar surface area (TPSA) is 70.8 Å². The van der Waals surface area contributed by atoms with E-state index in [-0.39, 0.29) is 6.10 Å². The molecule has 0 saturated carbocycles. The van der Waals surface area contributed by atoms with Gasteiger partial charge >= 0.3 is 0 Å². The monoisotopic (exact) mass is 297 g/mol. The summed E-state index contributed by atoms with van der Waals surface area (Å²) in [6.45, 7) is 4.75. The molecule has 1 aliphatic rings. The molecule has 1 saturated heterocycles. The van der Waals surface area contributed by atoms with E-state index < -0.39 is 0 Å². The predicted molar refractivity (Wildman–Crippen MR) is 83.4 cm³/mol. The molecule has 1 aliphatic heterocycles. The van der Waals surface area contributed by atoms with Gasteiger partial charge in [-0.2, -0.15) is 0 Å². The lowest BCUT2D eigenvalue weighted by molar-refractivity contribution is 0.121. The van der Waals surface area contributed by atoms with E-state index in [9.17, 15) is 5.11 Å². The molecule has 0 spiro atoms. The molecule has 4 N–H and O–H groups in total. The summed E-state index contributed by atoms with van der Waals surface area (Å²) in [4.78, 5) is 3.31. The van der Waals surface area contributed by atoms with Crippen molar-refractivity contribution in [2.24, 2.45) is 0 Å². The average Bonchev–Trinajstić information content (AvgIpc) is 2.47. The number of piperazine rings is 1. The quantitative estimate of drug-likeness (QED) is 0.529. The van der Waals surface area contributed by atoms with Crippen LogP contribution in [-0.4, -0.2) is 61.7 Å². The third kappa shape index (κ3) is 4.56. The van der Waals surface area contributed by atoms with Crippen molar-refractivity contribution in [2.75, 3.05) is 51.3 Å². The van der Waals surface area contributed by atoms with Gasteiger partial charge in [0, 0.05) is 55.1 Å². The van der Waals surface area contributed by atoms with Crippen LogP contribution in [0.3, 0.4) is 0 Å². The summed E-state index contributed by atoms with van der Waals surface area (Å²) in [5, 5.41) is 13.4. The molecule has 0 radical (unpaired) electrons. The first-order valence-electron chi connectivity index (χ1n) is 6.86. The number of β-amino-alcohol motifs (C(OH)–C–C–N with tert-alkyl or cyclic N) is 1. The fourth-order valence-corrected chi connectivity index (χ4v) is 3.16. The molecule has 1 unspecified atom stereocenters. The average molecular weight is 297 g/mol. The number of hydrogen-bond donors (Lipinski definition) is 3. The minimum absolute atomic E-state index is 0.333. The Morgan fingerprint density at radius 2 is 2.20 bits per heavy atom. The molecule has 1 fully saturated rings. The maximum absolute atomic E-state index is 10.1. The van der Waals surface area contributed by atoms with Gasteiger partial charge in [0.05, 0.1) is 13.2 Å². The van der Waals surface area contributed by atoms with Crippen molar-refractivity contribution < 1.29 is 9.84 Å². The summed E-state index contributed by atoms with van der Waals surface area (Å²) in [6.07, 6.45) is -0.333. The van der Waals surface area contributed by atoms with Crippen LogP contribution in [0.2, 0.25) is 0 Å². The third-order valence-electron chi connectivity index (χ3n) is 3.30. The molecule has 1 heterocycles. The largest absolute Gasteiger partial charge is 0.496 e. The van der Waals surface area contributed by atoms with Crippen molar-refractivity contribution in [2.45, 2.75) is 11.0 Å². The van der Waals surface area contributed by atoms with Crippen LogP contribution in [0, 0.1) is 0 Å². The smallest absolute Gasteiger partial charge is 0.134 e. The molecule has 112 valence electrons. The first-order valence-corrected chi connectivity index (χ1v) is 7.85. The highest BCUT2D eigenvalue weighted by molar-refractivity contribution is 7.99. The van der Waals surface area contributed by atoms with Gasteiger partial charge < -0.3 is 20.9 Å². The van der Waals surface area contributed by atoms with E-state index in [0.29, 0.717) is 11.4 Å². The maximum atomic E-state index is 10.1. The number of anilines is 1. The van der Waals surface area contributed by atoms with E-state index in [2.05, 4.69) is 10.2 Å². The summed E-state index contributed by atoms with van der Waals surface area (Å²) in [6, 6.07) is 5.61. The Morgan fingerprint density at radius 3 is 2.90 bits per heavy atom. The predicted octanol–water partition coefficient (Wildman–Crippen LogP) is 0.636. The van der Waals surface area contributed by atoms with Gasteiger partial charge in [-0.1, -0.05) is 0 Å². The molecule has 6 heteroatoms. The fraction of sp³-hybridized carbons (Fsp3) is 0.571. The zero-order chi connectivity index (χ0) is 14.4. The molecule has 1 atom stereocenters. The van der Waals surface area contributed by atoms with Crippen LogP contribution >= 0.6 is 11.8 Å². The third-order valence-corrected chi connectivity index (χ3v) is 4.50. The fourth-order valence-electron chi connectivity index (χ4n) is 2.23. The molecule has 0 amide bonds. The van der Waals surface area contributed by atoms with Gasteiger partial charge in [-0.05, 0) is 12.1 Å². The standard InChI is InChI=1S/C14H23N3O2S/c1-19-13-8-11(15)2-3-14(13)20-10-12(18)9-17-6-4-16-5-7-17/h2-3,8,12,16,18H,4-7,9-10,15H2,1H3. The van der Waals surface area contributed by atoms with Gasteiger partial charge in [-0.3, -0.25) is 4.90 Å². The van der Waals surface area contributed by atoms with Gasteiger partial charge in [-0.15, -0.1) is 11.8 Å². The first kappa shape index (κ1) is 15.4. The number of nitrogens with zero attached hydrogens (tertiary/aromatic N) is 1. The molecule has 20 heavy (non-hydrogen) atoms. The minimum Gasteiger partial charge on any atom is -0.496 e. The number of hydrogen-bond acceptors (Lipinski definition) is 6. The number of methoxy groups -OCH3 is 1. The number of rotatable bonds is 6. The molecular weight excluding hydrogens is 274 g/mol. The molecule has 0 aromatic heterocycles. The summed E-state index contributed by atoms with van der Waals surface area (Å²) >= 11 is 1.60. The number of thioether (sulfide) groups is 1. The Morgan fingerprint density at radius 1 is 1.45 bits per heavy atom. The normalized spacial score (nSPS) is 17.9. The van der Waals surface area contributed by atoms with Crippen molar-refractivity contribution in [3.63, 3.8) is 0 Å². The van der Waals surface area contributed by atoms with Crippen molar-refractivity contribution in [1.29, 1.82) is 0 Å². The second-order valence-electron chi connectivity index (χ2n) is 4.93. The number of nitrogens with two attached hydrogens (primary N) is 1. The molecule has 1 aromatic rings. The number of aliphatic hydroxyl groups is 1. The summed E-state index contributed by atoms with van der Waals surface area (Å²) in [5.41, 5.74) is 6.42. The molecular formula is C14H23N3O2S. The van der Waals surface area contributed by atoms with Crippen LogP contribution in [-0.2, 0) is 0 Å². The molecule has 1 aromatic carbocycles. The molecule has 0 bridgehead atoms. The van der Waals surface area contributed by atoms with E-state index in [1.807, 2.05) is 18.2 Å². The minimum atomic E-state index is -0.333. The van der Waals surface area contributed by atoms with E-state index in [4.69, 9.17) is 10.5 Å². The lowest BCUT2D eigenvalue weighted by atomic mass is 10.3. The maximum Gasteiger partial charge on any atom is 0.134 e. The Balaban J connectivity index is 1.81. The number of nitrogens with one attached hydrogen (secondary N) is 1. The van der Waals surface area contributed by atoms with Gasteiger partial charge in [0.1, 0.15) is 5.75 Å².